The molecule has 0 saturated carbocycles. The van der Waals surface area contributed by atoms with Crippen molar-refractivity contribution in [3.8, 4) is 11.4 Å². The first kappa shape index (κ1) is 12.5. The van der Waals surface area contributed by atoms with Crippen LogP contribution in [0.15, 0.2) is 48.7 Å². The second-order valence-corrected chi connectivity index (χ2v) is 5.39. The van der Waals surface area contributed by atoms with Crippen LogP contribution in [0.1, 0.15) is 12.8 Å². The van der Waals surface area contributed by atoms with Gasteiger partial charge in [-0.15, -0.1) is 0 Å². The van der Waals surface area contributed by atoms with Crippen LogP contribution in [0.25, 0.3) is 22.6 Å². The number of benzene rings is 1. The average Bonchev–Trinajstić information content (AvgIpc) is 3.17. The Morgan fingerprint density at radius 2 is 2.05 bits per heavy atom. The third kappa shape index (κ3) is 2.32. The van der Waals surface area contributed by atoms with Crippen molar-refractivity contribution in [1.29, 1.82) is 0 Å². The summed E-state index contributed by atoms with van der Waals surface area (Å²) >= 11 is 0. The number of ether oxygens (including phenoxy) is 1. The highest BCUT2D eigenvalue weighted by molar-refractivity contribution is 5.77. The van der Waals surface area contributed by atoms with Gasteiger partial charge < -0.3 is 9.30 Å². The van der Waals surface area contributed by atoms with Crippen LogP contribution in [-0.4, -0.2) is 27.2 Å². The number of hydrogen-bond acceptors (Lipinski definition) is 3. The summed E-state index contributed by atoms with van der Waals surface area (Å²) in [6.45, 7) is 1.68. The molecule has 2 aromatic heterocycles. The third-order valence-corrected chi connectivity index (χ3v) is 3.95. The minimum absolute atomic E-state index is 0.270. The van der Waals surface area contributed by atoms with E-state index < -0.39 is 0 Å². The molecular formula is C17H17N3O. The van der Waals surface area contributed by atoms with Gasteiger partial charge in [0.2, 0.25) is 0 Å². The fraction of sp³-hybridized carbons (Fsp3) is 0.294. The number of pyridine rings is 1. The number of imidazole rings is 1. The molecule has 0 N–H and O–H groups in total. The normalized spacial score (nSPS) is 18.4. The number of hydrogen-bond donors (Lipinski definition) is 0. The molecule has 4 rings (SSSR count). The van der Waals surface area contributed by atoms with Crippen molar-refractivity contribution >= 4 is 11.2 Å². The Kier molecular flexibility index (Phi) is 3.16. The lowest BCUT2D eigenvalue weighted by Gasteiger charge is -2.13. The van der Waals surface area contributed by atoms with Crippen LogP contribution < -0.4 is 0 Å². The number of fused-ring (bicyclic) bond motifs is 1. The molecule has 3 aromatic rings. The van der Waals surface area contributed by atoms with Crippen molar-refractivity contribution in [2.45, 2.75) is 25.5 Å². The minimum atomic E-state index is 0.270. The SMILES string of the molecule is c1ccc(-c2nc3cccnc3n2CC2CCCO2)cc1. The zero-order chi connectivity index (χ0) is 14.1. The number of nitrogens with zero attached hydrogens (tertiary/aromatic N) is 3. The van der Waals surface area contributed by atoms with E-state index >= 15 is 0 Å². The van der Waals surface area contributed by atoms with E-state index in [9.17, 15) is 0 Å². The summed E-state index contributed by atoms with van der Waals surface area (Å²) in [5.74, 6) is 0.972. The Morgan fingerprint density at radius 3 is 2.86 bits per heavy atom. The lowest BCUT2D eigenvalue weighted by molar-refractivity contribution is 0.0981. The molecule has 1 aliphatic heterocycles. The summed E-state index contributed by atoms with van der Waals surface area (Å²) in [6.07, 6.45) is 4.35. The van der Waals surface area contributed by atoms with Crippen LogP contribution in [0.2, 0.25) is 0 Å². The van der Waals surface area contributed by atoms with Gasteiger partial charge in [0.1, 0.15) is 11.3 Å². The lowest BCUT2D eigenvalue weighted by atomic mass is 10.2. The molecule has 0 bridgehead atoms. The molecule has 4 nitrogen and oxygen atoms in total. The van der Waals surface area contributed by atoms with Gasteiger partial charge in [0.05, 0.1) is 12.6 Å². The molecule has 0 spiro atoms. The Labute approximate surface area is 123 Å². The van der Waals surface area contributed by atoms with E-state index in [-0.39, 0.29) is 6.10 Å². The summed E-state index contributed by atoms with van der Waals surface area (Å²) in [5.41, 5.74) is 3.00. The van der Waals surface area contributed by atoms with Crippen LogP contribution in [0.4, 0.5) is 0 Å². The van der Waals surface area contributed by atoms with Crippen molar-refractivity contribution in [1.82, 2.24) is 14.5 Å². The zero-order valence-electron chi connectivity index (χ0n) is 11.8. The molecule has 1 aromatic carbocycles. The molecule has 0 amide bonds. The van der Waals surface area contributed by atoms with Crippen molar-refractivity contribution in [2.75, 3.05) is 6.61 Å². The minimum Gasteiger partial charge on any atom is -0.376 e. The van der Waals surface area contributed by atoms with E-state index in [1.165, 1.54) is 0 Å². The van der Waals surface area contributed by atoms with E-state index in [4.69, 9.17) is 9.72 Å². The fourth-order valence-electron chi connectivity index (χ4n) is 2.93. The third-order valence-electron chi connectivity index (χ3n) is 3.95. The van der Waals surface area contributed by atoms with Gasteiger partial charge in [-0.3, -0.25) is 0 Å². The maximum atomic E-state index is 5.79. The van der Waals surface area contributed by atoms with Crippen LogP contribution in [-0.2, 0) is 11.3 Å². The molecule has 1 atom stereocenters. The van der Waals surface area contributed by atoms with E-state index in [0.717, 1.165) is 48.5 Å². The highest BCUT2D eigenvalue weighted by Crippen LogP contribution is 2.25. The fourth-order valence-corrected chi connectivity index (χ4v) is 2.93. The molecule has 3 heterocycles. The van der Waals surface area contributed by atoms with Gasteiger partial charge in [0, 0.05) is 18.4 Å². The Balaban J connectivity index is 1.84. The summed E-state index contributed by atoms with van der Waals surface area (Å²) in [4.78, 5) is 9.28. The van der Waals surface area contributed by atoms with Crippen LogP contribution in [0.3, 0.4) is 0 Å². The molecule has 0 aliphatic carbocycles. The predicted molar refractivity (Wildman–Crippen MR) is 81.9 cm³/mol. The second-order valence-electron chi connectivity index (χ2n) is 5.39. The van der Waals surface area contributed by atoms with Crippen LogP contribution in [0.5, 0.6) is 0 Å². The summed E-state index contributed by atoms with van der Waals surface area (Å²) < 4.78 is 7.98. The van der Waals surface area contributed by atoms with Crippen molar-refractivity contribution in [3.05, 3.63) is 48.7 Å². The summed E-state index contributed by atoms with van der Waals surface area (Å²) in [5, 5.41) is 0. The largest absolute Gasteiger partial charge is 0.376 e. The molecule has 21 heavy (non-hydrogen) atoms. The predicted octanol–water partition coefficient (Wildman–Crippen LogP) is 3.28. The average molecular weight is 279 g/mol. The van der Waals surface area contributed by atoms with E-state index in [0.29, 0.717) is 0 Å². The van der Waals surface area contributed by atoms with Crippen molar-refractivity contribution in [2.24, 2.45) is 0 Å². The van der Waals surface area contributed by atoms with Gasteiger partial charge in [-0.25, -0.2) is 9.97 Å². The van der Waals surface area contributed by atoms with E-state index in [2.05, 4.69) is 21.7 Å². The molecule has 1 fully saturated rings. The van der Waals surface area contributed by atoms with Gasteiger partial charge >= 0.3 is 0 Å². The molecule has 4 heteroatoms. The first-order valence-electron chi connectivity index (χ1n) is 7.40. The highest BCUT2D eigenvalue weighted by Gasteiger charge is 2.20. The topological polar surface area (TPSA) is 39.9 Å². The zero-order valence-corrected chi connectivity index (χ0v) is 11.8. The summed E-state index contributed by atoms with van der Waals surface area (Å²) in [7, 11) is 0. The molecule has 1 saturated heterocycles. The van der Waals surface area contributed by atoms with Crippen LogP contribution in [0, 0.1) is 0 Å². The number of aromatic nitrogens is 3. The van der Waals surface area contributed by atoms with Gasteiger partial charge in [-0.1, -0.05) is 30.3 Å². The smallest absolute Gasteiger partial charge is 0.160 e. The van der Waals surface area contributed by atoms with E-state index in [1.54, 1.807) is 0 Å². The number of rotatable bonds is 3. The Bertz CT molecular complexity index is 745. The molecule has 106 valence electrons. The van der Waals surface area contributed by atoms with Gasteiger partial charge in [-0.05, 0) is 25.0 Å². The first-order chi connectivity index (χ1) is 10.4. The standard InChI is InChI=1S/C17H17N3O/c1-2-6-13(7-3-1)16-19-15-9-4-10-18-17(15)20(16)12-14-8-5-11-21-14/h1-4,6-7,9-10,14H,5,8,11-12H2. The first-order valence-corrected chi connectivity index (χ1v) is 7.40. The highest BCUT2D eigenvalue weighted by atomic mass is 16.5. The van der Waals surface area contributed by atoms with Gasteiger partial charge in [0.15, 0.2) is 5.65 Å². The maximum absolute atomic E-state index is 5.79. The maximum Gasteiger partial charge on any atom is 0.160 e. The molecular weight excluding hydrogens is 262 g/mol. The summed E-state index contributed by atoms with van der Waals surface area (Å²) in [6, 6.07) is 14.2. The van der Waals surface area contributed by atoms with Gasteiger partial charge in [0.25, 0.3) is 0 Å². The molecule has 1 aliphatic rings. The molecule has 1 unspecified atom stereocenters. The van der Waals surface area contributed by atoms with Crippen LogP contribution >= 0.6 is 0 Å². The quantitative estimate of drug-likeness (QED) is 0.738. The second kappa shape index (κ2) is 5.30. The lowest BCUT2D eigenvalue weighted by Crippen LogP contribution is -2.16. The van der Waals surface area contributed by atoms with Crippen molar-refractivity contribution < 1.29 is 4.74 Å². The Morgan fingerprint density at radius 1 is 1.14 bits per heavy atom. The van der Waals surface area contributed by atoms with E-state index in [1.807, 2.05) is 36.5 Å². The van der Waals surface area contributed by atoms with Crippen molar-refractivity contribution in [3.63, 3.8) is 0 Å². The monoisotopic (exact) mass is 279 g/mol. The van der Waals surface area contributed by atoms with Gasteiger partial charge in [-0.2, -0.15) is 0 Å². The molecule has 0 radical (unpaired) electrons. The Hall–Kier alpha value is -2.20.